The van der Waals surface area contributed by atoms with Gasteiger partial charge in [-0.15, -0.1) is 0 Å². The van der Waals surface area contributed by atoms with Crippen LogP contribution in [0.25, 0.3) is 0 Å². The van der Waals surface area contributed by atoms with Crippen LogP contribution in [0.5, 0.6) is 0 Å². The summed E-state index contributed by atoms with van der Waals surface area (Å²) in [6, 6.07) is 3.30. The topological polar surface area (TPSA) is 40.5 Å². The summed E-state index contributed by atoms with van der Waals surface area (Å²) in [5.74, 6) is -3.32. The van der Waals surface area contributed by atoms with Gasteiger partial charge in [0.1, 0.15) is 11.6 Å². The van der Waals surface area contributed by atoms with E-state index in [1.807, 2.05) is 4.90 Å². The molecule has 1 saturated heterocycles. The minimum absolute atomic E-state index is 0.281. The van der Waals surface area contributed by atoms with Crippen LogP contribution in [0.4, 0.5) is 8.78 Å². The third kappa shape index (κ3) is 2.29. The zero-order valence-corrected chi connectivity index (χ0v) is 9.36. The summed E-state index contributed by atoms with van der Waals surface area (Å²) in [5.41, 5.74) is 0.281. The molecule has 1 aliphatic heterocycles. The number of likely N-dealkylation sites (tertiary alicyclic amines) is 1. The van der Waals surface area contributed by atoms with Gasteiger partial charge in [0.25, 0.3) is 0 Å². The first-order valence-electron chi connectivity index (χ1n) is 5.35. The standard InChI is InChI=1S/C12H13F2NO2/c1-15-5-9(10(6-15)12(16)17)8-3-2-7(13)4-11(8)14/h2-4,9-10H,5-6H2,1H3,(H,16,17)/t9-,10-/m0/s1. The van der Waals surface area contributed by atoms with Gasteiger partial charge in [0, 0.05) is 25.1 Å². The highest BCUT2D eigenvalue weighted by molar-refractivity contribution is 5.72. The highest BCUT2D eigenvalue weighted by Crippen LogP contribution is 2.33. The number of carboxylic acid groups (broad SMARTS) is 1. The molecule has 1 aliphatic rings. The van der Waals surface area contributed by atoms with Gasteiger partial charge in [-0.2, -0.15) is 0 Å². The smallest absolute Gasteiger partial charge is 0.308 e. The highest BCUT2D eigenvalue weighted by Gasteiger charge is 2.38. The summed E-state index contributed by atoms with van der Waals surface area (Å²) in [4.78, 5) is 12.9. The van der Waals surface area contributed by atoms with Gasteiger partial charge >= 0.3 is 5.97 Å². The molecule has 2 rings (SSSR count). The Bertz CT molecular complexity index is 450. The molecule has 0 spiro atoms. The minimum atomic E-state index is -0.942. The van der Waals surface area contributed by atoms with Crippen LogP contribution in [-0.2, 0) is 4.79 Å². The van der Waals surface area contributed by atoms with E-state index in [0.29, 0.717) is 13.1 Å². The third-order valence-corrected chi connectivity index (χ3v) is 3.18. The molecule has 0 saturated carbocycles. The first kappa shape index (κ1) is 12.0. The second kappa shape index (κ2) is 4.41. The van der Waals surface area contributed by atoms with E-state index >= 15 is 0 Å². The van der Waals surface area contributed by atoms with Gasteiger partial charge in [0.05, 0.1) is 5.92 Å². The molecule has 0 radical (unpaired) electrons. The lowest BCUT2D eigenvalue weighted by Crippen LogP contribution is -2.22. The zero-order valence-electron chi connectivity index (χ0n) is 9.36. The maximum atomic E-state index is 13.6. The van der Waals surface area contributed by atoms with Gasteiger partial charge in [0.15, 0.2) is 0 Å². The Morgan fingerprint density at radius 1 is 1.41 bits per heavy atom. The Balaban J connectivity index is 2.34. The molecule has 2 atom stereocenters. The molecular formula is C12H13F2NO2. The lowest BCUT2D eigenvalue weighted by molar-refractivity contribution is -0.141. The van der Waals surface area contributed by atoms with Crippen molar-refractivity contribution in [3.8, 4) is 0 Å². The molecule has 0 aliphatic carbocycles. The lowest BCUT2D eigenvalue weighted by Gasteiger charge is -2.15. The highest BCUT2D eigenvalue weighted by atomic mass is 19.1. The average molecular weight is 241 g/mol. The van der Waals surface area contributed by atoms with E-state index in [1.54, 1.807) is 7.05 Å². The van der Waals surface area contributed by atoms with Crippen LogP contribution in [-0.4, -0.2) is 36.1 Å². The van der Waals surface area contributed by atoms with Gasteiger partial charge < -0.3 is 10.0 Å². The predicted molar refractivity (Wildman–Crippen MR) is 57.7 cm³/mol. The van der Waals surface area contributed by atoms with E-state index in [2.05, 4.69) is 0 Å². The molecule has 1 aromatic carbocycles. The average Bonchev–Trinajstić information content (AvgIpc) is 2.60. The molecule has 0 aromatic heterocycles. The molecule has 17 heavy (non-hydrogen) atoms. The molecule has 0 bridgehead atoms. The van der Waals surface area contributed by atoms with Gasteiger partial charge in [-0.05, 0) is 18.7 Å². The van der Waals surface area contributed by atoms with Gasteiger partial charge in [-0.1, -0.05) is 6.07 Å². The largest absolute Gasteiger partial charge is 0.481 e. The van der Waals surface area contributed by atoms with Crippen molar-refractivity contribution in [2.45, 2.75) is 5.92 Å². The van der Waals surface area contributed by atoms with Crippen LogP contribution in [0.15, 0.2) is 18.2 Å². The van der Waals surface area contributed by atoms with Gasteiger partial charge in [-0.3, -0.25) is 4.79 Å². The molecule has 92 valence electrons. The molecule has 0 unspecified atom stereocenters. The maximum absolute atomic E-state index is 13.6. The second-order valence-corrected chi connectivity index (χ2v) is 4.44. The number of carbonyl (C=O) groups is 1. The summed E-state index contributed by atoms with van der Waals surface area (Å²) in [6.45, 7) is 0.857. The van der Waals surface area contributed by atoms with Crippen LogP contribution in [0, 0.1) is 17.6 Å². The zero-order chi connectivity index (χ0) is 12.6. The first-order valence-corrected chi connectivity index (χ1v) is 5.35. The number of rotatable bonds is 2. The quantitative estimate of drug-likeness (QED) is 0.856. The van der Waals surface area contributed by atoms with E-state index in [1.165, 1.54) is 6.07 Å². The van der Waals surface area contributed by atoms with E-state index in [4.69, 9.17) is 5.11 Å². The summed E-state index contributed by atoms with van der Waals surface area (Å²) < 4.78 is 26.4. The van der Waals surface area contributed by atoms with E-state index < -0.39 is 29.4 Å². The van der Waals surface area contributed by atoms with Crippen molar-refractivity contribution in [3.05, 3.63) is 35.4 Å². The van der Waals surface area contributed by atoms with Crippen LogP contribution in [0.2, 0.25) is 0 Å². The molecular weight excluding hydrogens is 228 g/mol. The molecule has 1 heterocycles. The predicted octanol–water partition coefficient (Wildman–Crippen LogP) is 1.69. The van der Waals surface area contributed by atoms with Gasteiger partial charge in [-0.25, -0.2) is 8.78 Å². The summed E-state index contributed by atoms with van der Waals surface area (Å²) >= 11 is 0. The molecule has 1 aromatic rings. The fourth-order valence-corrected chi connectivity index (χ4v) is 2.37. The fourth-order valence-electron chi connectivity index (χ4n) is 2.37. The Morgan fingerprint density at radius 3 is 2.71 bits per heavy atom. The number of hydrogen-bond acceptors (Lipinski definition) is 2. The lowest BCUT2D eigenvalue weighted by atomic mass is 9.88. The molecule has 3 nitrogen and oxygen atoms in total. The Hall–Kier alpha value is -1.49. The number of aliphatic carboxylic acids is 1. The van der Waals surface area contributed by atoms with Crippen molar-refractivity contribution in [3.63, 3.8) is 0 Å². The van der Waals surface area contributed by atoms with Crippen molar-refractivity contribution >= 4 is 5.97 Å². The third-order valence-electron chi connectivity index (χ3n) is 3.18. The van der Waals surface area contributed by atoms with Crippen molar-refractivity contribution < 1.29 is 18.7 Å². The number of halogens is 2. The van der Waals surface area contributed by atoms with E-state index in [9.17, 15) is 13.6 Å². The molecule has 0 amide bonds. The van der Waals surface area contributed by atoms with Crippen molar-refractivity contribution in [2.24, 2.45) is 5.92 Å². The maximum Gasteiger partial charge on any atom is 0.308 e. The monoisotopic (exact) mass is 241 g/mol. The number of likely N-dealkylation sites (N-methyl/N-ethyl adjacent to an activating group) is 1. The summed E-state index contributed by atoms with van der Waals surface area (Å²) in [6.07, 6.45) is 0. The van der Waals surface area contributed by atoms with Crippen molar-refractivity contribution in [2.75, 3.05) is 20.1 Å². The Labute approximate surface area is 97.7 Å². The number of nitrogens with zero attached hydrogens (tertiary/aromatic N) is 1. The number of carboxylic acids is 1. The van der Waals surface area contributed by atoms with Crippen LogP contribution >= 0.6 is 0 Å². The van der Waals surface area contributed by atoms with Crippen LogP contribution in [0.1, 0.15) is 11.5 Å². The SMILES string of the molecule is CN1C[C@H](C(=O)O)[C@H](c2ccc(F)cc2F)C1. The summed E-state index contributed by atoms with van der Waals surface area (Å²) in [5, 5.41) is 9.09. The van der Waals surface area contributed by atoms with Crippen molar-refractivity contribution in [1.82, 2.24) is 4.90 Å². The van der Waals surface area contributed by atoms with Crippen LogP contribution in [0.3, 0.4) is 0 Å². The first-order chi connectivity index (χ1) is 7.99. The van der Waals surface area contributed by atoms with E-state index in [0.717, 1.165) is 12.1 Å². The number of hydrogen-bond donors (Lipinski definition) is 1. The Kier molecular flexibility index (Phi) is 3.11. The summed E-state index contributed by atoms with van der Waals surface area (Å²) in [7, 11) is 1.79. The normalized spacial score (nSPS) is 25.1. The Morgan fingerprint density at radius 2 is 2.12 bits per heavy atom. The van der Waals surface area contributed by atoms with Gasteiger partial charge in [0.2, 0.25) is 0 Å². The van der Waals surface area contributed by atoms with Crippen LogP contribution < -0.4 is 0 Å². The second-order valence-electron chi connectivity index (χ2n) is 4.44. The molecule has 1 N–H and O–H groups in total. The fraction of sp³-hybridized carbons (Fsp3) is 0.417. The molecule has 1 fully saturated rings. The molecule has 5 heteroatoms. The van der Waals surface area contributed by atoms with Crippen molar-refractivity contribution in [1.29, 1.82) is 0 Å². The minimum Gasteiger partial charge on any atom is -0.481 e. The van der Waals surface area contributed by atoms with E-state index in [-0.39, 0.29) is 5.56 Å². The number of benzene rings is 1.